The summed E-state index contributed by atoms with van der Waals surface area (Å²) in [5.41, 5.74) is 3.77. The van der Waals surface area contributed by atoms with Crippen molar-refractivity contribution in [1.82, 2.24) is 0 Å². The molecule has 5 nitrogen and oxygen atoms in total. The van der Waals surface area contributed by atoms with E-state index in [-0.39, 0.29) is 16.7 Å². The highest BCUT2D eigenvalue weighted by Gasteiger charge is 2.21. The Labute approximate surface area is 188 Å². The summed E-state index contributed by atoms with van der Waals surface area (Å²) < 4.78 is 26.9. The Bertz CT molecular complexity index is 1190. The molecule has 3 aromatic carbocycles. The van der Waals surface area contributed by atoms with Gasteiger partial charge in [-0.3, -0.25) is 9.10 Å². The van der Waals surface area contributed by atoms with Crippen molar-refractivity contribution in [3.05, 3.63) is 88.4 Å². The van der Waals surface area contributed by atoms with Gasteiger partial charge in [-0.2, -0.15) is 0 Å². The molecule has 31 heavy (non-hydrogen) atoms. The number of halogens is 1. The first-order chi connectivity index (χ1) is 14.6. The van der Waals surface area contributed by atoms with Gasteiger partial charge in [0.2, 0.25) is 0 Å². The number of nitrogens with one attached hydrogen (secondary N) is 1. The van der Waals surface area contributed by atoms with Crippen molar-refractivity contribution in [1.29, 1.82) is 0 Å². The average Bonchev–Trinajstić information content (AvgIpc) is 2.74. The van der Waals surface area contributed by atoms with Gasteiger partial charge < -0.3 is 5.32 Å². The minimum atomic E-state index is -3.74. The Kier molecular flexibility index (Phi) is 6.72. The van der Waals surface area contributed by atoms with E-state index in [0.717, 1.165) is 16.8 Å². The zero-order valence-electron chi connectivity index (χ0n) is 17.9. The molecule has 1 N–H and O–H groups in total. The maximum Gasteiger partial charge on any atom is 0.264 e. The van der Waals surface area contributed by atoms with Gasteiger partial charge in [0.25, 0.3) is 15.9 Å². The van der Waals surface area contributed by atoms with Crippen molar-refractivity contribution in [3.8, 4) is 0 Å². The number of amides is 1. The third kappa shape index (κ3) is 4.92. The number of sulfonamides is 1. The Balaban J connectivity index is 1.82. The fraction of sp³-hybridized carbons (Fsp3) is 0.208. The van der Waals surface area contributed by atoms with E-state index in [4.69, 9.17) is 11.6 Å². The first-order valence-corrected chi connectivity index (χ1v) is 11.7. The van der Waals surface area contributed by atoms with Crippen molar-refractivity contribution < 1.29 is 13.2 Å². The molecular formula is C24H25ClN2O3S. The van der Waals surface area contributed by atoms with E-state index in [1.807, 2.05) is 25.1 Å². The van der Waals surface area contributed by atoms with Crippen LogP contribution in [0, 0.1) is 6.92 Å². The standard InChI is InChI=1S/C24H25ClN2O3S/c1-16(2)22-7-5-6-17(3)23(22)26-24(28)18-8-12-20(13-9-18)27(4)31(29,30)21-14-10-19(25)11-15-21/h5-16H,1-4H3,(H,26,28). The summed E-state index contributed by atoms with van der Waals surface area (Å²) in [4.78, 5) is 13.0. The molecule has 0 radical (unpaired) electrons. The van der Waals surface area contributed by atoms with Crippen LogP contribution in [0.15, 0.2) is 71.6 Å². The summed E-state index contributed by atoms with van der Waals surface area (Å²) in [7, 11) is -2.26. The first kappa shape index (κ1) is 22.8. The van der Waals surface area contributed by atoms with Gasteiger partial charge in [-0.1, -0.05) is 43.6 Å². The number of benzene rings is 3. The van der Waals surface area contributed by atoms with Gasteiger partial charge in [0.05, 0.1) is 10.6 Å². The van der Waals surface area contributed by atoms with Crippen LogP contribution in [-0.4, -0.2) is 21.4 Å². The number of rotatable bonds is 6. The van der Waals surface area contributed by atoms with Crippen LogP contribution < -0.4 is 9.62 Å². The summed E-state index contributed by atoms with van der Waals surface area (Å²) in [6.07, 6.45) is 0. The average molecular weight is 457 g/mol. The maximum atomic E-state index is 12.8. The molecule has 0 fully saturated rings. The molecule has 0 spiro atoms. The monoisotopic (exact) mass is 456 g/mol. The van der Waals surface area contributed by atoms with Crippen LogP contribution in [0.4, 0.5) is 11.4 Å². The predicted molar refractivity (Wildman–Crippen MR) is 127 cm³/mol. The Morgan fingerprint density at radius 1 is 0.968 bits per heavy atom. The molecule has 0 unspecified atom stereocenters. The van der Waals surface area contributed by atoms with Gasteiger partial charge in [0, 0.05) is 23.3 Å². The topological polar surface area (TPSA) is 66.5 Å². The molecule has 7 heteroatoms. The fourth-order valence-electron chi connectivity index (χ4n) is 3.25. The number of hydrogen-bond donors (Lipinski definition) is 1. The lowest BCUT2D eigenvalue weighted by Gasteiger charge is -2.20. The Morgan fingerprint density at radius 3 is 2.16 bits per heavy atom. The summed E-state index contributed by atoms with van der Waals surface area (Å²) in [6, 6.07) is 18.4. The molecule has 162 valence electrons. The summed E-state index contributed by atoms with van der Waals surface area (Å²) in [5.74, 6) is 0.0234. The molecular weight excluding hydrogens is 432 g/mol. The lowest BCUT2D eigenvalue weighted by molar-refractivity contribution is 0.102. The third-order valence-corrected chi connectivity index (χ3v) is 7.18. The number of hydrogen-bond acceptors (Lipinski definition) is 3. The lowest BCUT2D eigenvalue weighted by Crippen LogP contribution is -2.26. The second-order valence-electron chi connectivity index (χ2n) is 7.62. The highest BCUT2D eigenvalue weighted by Crippen LogP contribution is 2.28. The molecule has 0 aliphatic rings. The minimum absolute atomic E-state index is 0.141. The van der Waals surface area contributed by atoms with E-state index in [1.165, 1.54) is 35.6 Å². The molecule has 1 amide bonds. The van der Waals surface area contributed by atoms with Gasteiger partial charge in [-0.15, -0.1) is 0 Å². The highest BCUT2D eigenvalue weighted by molar-refractivity contribution is 7.92. The number of carbonyl (C=O) groups excluding carboxylic acids is 1. The van der Waals surface area contributed by atoms with E-state index in [1.54, 1.807) is 24.3 Å². The fourth-order valence-corrected chi connectivity index (χ4v) is 4.58. The molecule has 0 saturated heterocycles. The second-order valence-corrected chi connectivity index (χ2v) is 10.0. The molecule has 3 rings (SSSR count). The number of anilines is 2. The molecule has 0 aliphatic heterocycles. The molecule has 0 heterocycles. The Hall–Kier alpha value is -2.83. The zero-order valence-corrected chi connectivity index (χ0v) is 19.5. The molecule has 0 bridgehead atoms. The minimum Gasteiger partial charge on any atom is -0.321 e. The van der Waals surface area contributed by atoms with Crippen molar-refractivity contribution in [2.45, 2.75) is 31.6 Å². The zero-order chi connectivity index (χ0) is 22.8. The summed E-state index contributed by atoms with van der Waals surface area (Å²) in [5, 5.41) is 3.47. The van der Waals surface area contributed by atoms with E-state index in [2.05, 4.69) is 19.2 Å². The molecule has 0 aromatic heterocycles. The van der Waals surface area contributed by atoms with Crippen molar-refractivity contribution in [3.63, 3.8) is 0 Å². The normalized spacial score (nSPS) is 11.4. The largest absolute Gasteiger partial charge is 0.321 e. The van der Waals surface area contributed by atoms with Crippen molar-refractivity contribution in [2.75, 3.05) is 16.7 Å². The van der Waals surface area contributed by atoms with Crippen LogP contribution in [0.3, 0.4) is 0 Å². The summed E-state index contributed by atoms with van der Waals surface area (Å²) in [6.45, 7) is 6.12. The third-order valence-electron chi connectivity index (χ3n) is 5.13. The number of para-hydroxylation sites is 1. The number of nitrogens with zero attached hydrogens (tertiary/aromatic N) is 1. The molecule has 0 saturated carbocycles. The van der Waals surface area contributed by atoms with Crippen molar-refractivity contribution in [2.24, 2.45) is 0 Å². The van der Waals surface area contributed by atoms with Crippen LogP contribution in [0.2, 0.25) is 5.02 Å². The predicted octanol–water partition coefficient (Wildman–Crippen LogP) is 5.85. The van der Waals surface area contributed by atoms with Crippen LogP contribution in [-0.2, 0) is 10.0 Å². The number of carbonyl (C=O) groups is 1. The highest BCUT2D eigenvalue weighted by atomic mass is 35.5. The maximum absolute atomic E-state index is 12.8. The lowest BCUT2D eigenvalue weighted by atomic mass is 9.98. The smallest absolute Gasteiger partial charge is 0.264 e. The molecule has 0 aliphatic carbocycles. The SMILES string of the molecule is Cc1cccc(C(C)C)c1NC(=O)c1ccc(N(C)S(=O)(=O)c2ccc(Cl)cc2)cc1. The van der Waals surface area contributed by atoms with E-state index >= 15 is 0 Å². The van der Waals surface area contributed by atoms with E-state index in [9.17, 15) is 13.2 Å². The van der Waals surface area contributed by atoms with E-state index < -0.39 is 10.0 Å². The Morgan fingerprint density at radius 2 is 1.58 bits per heavy atom. The van der Waals surface area contributed by atoms with Crippen LogP contribution in [0.25, 0.3) is 0 Å². The van der Waals surface area contributed by atoms with Gasteiger partial charge >= 0.3 is 0 Å². The summed E-state index contributed by atoms with van der Waals surface area (Å²) >= 11 is 5.85. The quantitative estimate of drug-likeness (QED) is 0.506. The van der Waals surface area contributed by atoms with Crippen molar-refractivity contribution >= 4 is 38.9 Å². The first-order valence-electron chi connectivity index (χ1n) is 9.86. The van der Waals surface area contributed by atoms with Gasteiger partial charge in [-0.25, -0.2) is 8.42 Å². The second kappa shape index (κ2) is 9.12. The van der Waals surface area contributed by atoms with Gasteiger partial charge in [0.15, 0.2) is 0 Å². The van der Waals surface area contributed by atoms with Crippen LogP contribution in [0.5, 0.6) is 0 Å². The van der Waals surface area contributed by atoms with Crippen LogP contribution in [0.1, 0.15) is 41.3 Å². The number of aryl methyl sites for hydroxylation is 1. The molecule has 3 aromatic rings. The van der Waals surface area contributed by atoms with Gasteiger partial charge in [0.1, 0.15) is 0 Å². The van der Waals surface area contributed by atoms with E-state index in [0.29, 0.717) is 16.3 Å². The molecule has 0 atom stereocenters. The van der Waals surface area contributed by atoms with Gasteiger partial charge in [-0.05, 0) is 72.5 Å². The van der Waals surface area contributed by atoms with Crippen LogP contribution >= 0.6 is 11.6 Å².